The molecule has 0 spiro atoms. The van der Waals surface area contributed by atoms with Crippen LogP contribution in [0.5, 0.6) is 0 Å². The van der Waals surface area contributed by atoms with Gasteiger partial charge in [-0.2, -0.15) is 0 Å². The maximum Gasteiger partial charge on any atom is 0.160 e. The molecule has 0 unspecified atom stereocenters. The van der Waals surface area contributed by atoms with Crippen LogP contribution in [0.25, 0.3) is 0 Å². The lowest BCUT2D eigenvalue weighted by molar-refractivity contribution is 0.101. The van der Waals surface area contributed by atoms with Gasteiger partial charge in [-0.1, -0.05) is 45.9 Å². The summed E-state index contributed by atoms with van der Waals surface area (Å²) in [5.74, 6) is 0.0902. The van der Waals surface area contributed by atoms with Crippen LogP contribution >= 0.6 is 27.7 Å². The highest BCUT2D eigenvalue weighted by molar-refractivity contribution is 9.10. The van der Waals surface area contributed by atoms with Crippen molar-refractivity contribution in [3.8, 4) is 0 Å². The summed E-state index contributed by atoms with van der Waals surface area (Å²) in [6.45, 7) is 3.68. The van der Waals surface area contributed by atoms with E-state index in [0.29, 0.717) is 0 Å². The third kappa shape index (κ3) is 3.03. The maximum absolute atomic E-state index is 11.7. The molecule has 0 aliphatic rings. The van der Waals surface area contributed by atoms with E-state index in [1.54, 1.807) is 18.7 Å². The van der Waals surface area contributed by atoms with Crippen molar-refractivity contribution >= 4 is 33.5 Å². The van der Waals surface area contributed by atoms with Crippen LogP contribution in [-0.2, 0) is 0 Å². The van der Waals surface area contributed by atoms with E-state index < -0.39 is 0 Å². The molecule has 0 saturated heterocycles. The monoisotopic (exact) mass is 320 g/mol. The number of rotatable bonds is 3. The summed E-state index contributed by atoms with van der Waals surface area (Å²) in [4.78, 5) is 13.8. The van der Waals surface area contributed by atoms with Gasteiger partial charge in [0, 0.05) is 19.8 Å². The zero-order valence-corrected chi connectivity index (χ0v) is 12.6. The lowest BCUT2D eigenvalue weighted by Gasteiger charge is -2.09. The topological polar surface area (TPSA) is 17.1 Å². The number of ketones is 1. The van der Waals surface area contributed by atoms with Gasteiger partial charge in [-0.3, -0.25) is 4.79 Å². The second-order valence-corrected chi connectivity index (χ2v) is 6.06. The highest BCUT2D eigenvalue weighted by Gasteiger charge is 2.10. The van der Waals surface area contributed by atoms with Crippen molar-refractivity contribution in [2.45, 2.75) is 23.6 Å². The number of carbonyl (C=O) groups is 1. The van der Waals surface area contributed by atoms with Gasteiger partial charge in [0.15, 0.2) is 5.78 Å². The Labute approximate surface area is 120 Å². The van der Waals surface area contributed by atoms with Crippen molar-refractivity contribution in [3.05, 3.63) is 58.1 Å². The van der Waals surface area contributed by atoms with E-state index >= 15 is 0 Å². The molecular weight excluding hydrogens is 308 g/mol. The summed E-state index contributed by atoms with van der Waals surface area (Å²) in [7, 11) is 0. The molecule has 0 fully saturated rings. The minimum absolute atomic E-state index is 0.0902. The first kappa shape index (κ1) is 13.4. The molecular formula is C15H13BrOS. The van der Waals surface area contributed by atoms with Crippen LogP contribution in [0.2, 0.25) is 0 Å². The Balaban J connectivity index is 2.41. The van der Waals surface area contributed by atoms with Crippen LogP contribution in [0, 0.1) is 6.92 Å². The predicted octanol–water partition coefficient (Wildman–Crippen LogP) is 5.11. The molecule has 2 aromatic carbocycles. The Morgan fingerprint density at radius 2 is 1.83 bits per heavy atom. The van der Waals surface area contributed by atoms with Crippen LogP contribution in [0.4, 0.5) is 0 Å². The highest BCUT2D eigenvalue weighted by Crippen LogP contribution is 2.33. The van der Waals surface area contributed by atoms with Gasteiger partial charge < -0.3 is 0 Å². The minimum atomic E-state index is 0.0902. The summed E-state index contributed by atoms with van der Waals surface area (Å²) >= 11 is 5.04. The van der Waals surface area contributed by atoms with E-state index in [-0.39, 0.29) is 5.78 Å². The number of hydrogen-bond acceptors (Lipinski definition) is 2. The Hall–Kier alpha value is -1.06. The molecule has 18 heavy (non-hydrogen) atoms. The van der Waals surface area contributed by atoms with Crippen molar-refractivity contribution in [2.24, 2.45) is 0 Å². The molecule has 2 rings (SSSR count). The number of Topliss-reactive ketones (excluding diaryl/α,β-unsaturated/α-hetero) is 1. The van der Waals surface area contributed by atoms with Gasteiger partial charge in [-0.15, -0.1) is 0 Å². The molecule has 0 radical (unpaired) electrons. The van der Waals surface area contributed by atoms with Crippen LogP contribution in [-0.4, -0.2) is 5.78 Å². The first-order valence-corrected chi connectivity index (χ1v) is 7.23. The summed E-state index contributed by atoms with van der Waals surface area (Å²) in [5.41, 5.74) is 1.98. The molecule has 0 amide bonds. The normalized spacial score (nSPS) is 10.4. The number of benzene rings is 2. The Kier molecular flexibility index (Phi) is 4.25. The molecule has 0 bridgehead atoms. The van der Waals surface area contributed by atoms with E-state index in [9.17, 15) is 4.79 Å². The van der Waals surface area contributed by atoms with E-state index in [1.165, 1.54) is 10.5 Å². The lowest BCUT2D eigenvalue weighted by atomic mass is 10.1. The standard InChI is InChI=1S/C15H13BrOS/c1-10-5-3-4-6-14(10)18-15-8-7-12(16)9-13(15)11(2)17/h3-9H,1-2H3. The molecule has 1 nitrogen and oxygen atoms in total. The third-order valence-corrected chi connectivity index (χ3v) is 4.38. The van der Waals surface area contributed by atoms with E-state index in [0.717, 1.165) is 14.9 Å². The zero-order chi connectivity index (χ0) is 13.1. The van der Waals surface area contributed by atoms with Crippen LogP contribution in [0.15, 0.2) is 56.7 Å². The quantitative estimate of drug-likeness (QED) is 0.731. The van der Waals surface area contributed by atoms with Crippen molar-refractivity contribution in [2.75, 3.05) is 0 Å². The highest BCUT2D eigenvalue weighted by atomic mass is 79.9. The van der Waals surface area contributed by atoms with E-state index in [4.69, 9.17) is 0 Å². The van der Waals surface area contributed by atoms with Gasteiger partial charge in [0.1, 0.15) is 0 Å². The molecule has 0 atom stereocenters. The Bertz CT molecular complexity index is 593. The fourth-order valence-electron chi connectivity index (χ4n) is 1.66. The lowest BCUT2D eigenvalue weighted by Crippen LogP contribution is -1.95. The number of halogens is 1. The zero-order valence-electron chi connectivity index (χ0n) is 10.2. The number of aryl methyl sites for hydroxylation is 1. The van der Waals surface area contributed by atoms with Crippen molar-refractivity contribution in [1.82, 2.24) is 0 Å². The van der Waals surface area contributed by atoms with E-state index in [2.05, 4.69) is 35.0 Å². The summed E-state index contributed by atoms with van der Waals surface area (Å²) in [6.07, 6.45) is 0. The number of hydrogen-bond donors (Lipinski definition) is 0. The molecule has 0 N–H and O–H groups in total. The average Bonchev–Trinajstić information content (AvgIpc) is 2.34. The van der Waals surface area contributed by atoms with E-state index in [1.807, 2.05) is 30.3 Å². The first-order valence-electron chi connectivity index (χ1n) is 5.62. The smallest absolute Gasteiger partial charge is 0.160 e. The van der Waals surface area contributed by atoms with Crippen LogP contribution in [0.1, 0.15) is 22.8 Å². The molecule has 3 heteroatoms. The Morgan fingerprint density at radius 1 is 1.11 bits per heavy atom. The number of carbonyl (C=O) groups excluding carboxylic acids is 1. The summed E-state index contributed by atoms with van der Waals surface area (Å²) < 4.78 is 0.932. The summed E-state index contributed by atoms with van der Waals surface area (Å²) in [5, 5.41) is 0. The van der Waals surface area contributed by atoms with Crippen LogP contribution < -0.4 is 0 Å². The molecule has 92 valence electrons. The second kappa shape index (κ2) is 5.72. The first-order chi connectivity index (χ1) is 8.58. The van der Waals surface area contributed by atoms with Gasteiger partial charge in [0.2, 0.25) is 0 Å². The fraction of sp³-hybridized carbons (Fsp3) is 0.133. The van der Waals surface area contributed by atoms with Crippen molar-refractivity contribution < 1.29 is 4.79 Å². The van der Waals surface area contributed by atoms with Crippen LogP contribution in [0.3, 0.4) is 0 Å². The third-order valence-electron chi connectivity index (χ3n) is 2.63. The molecule has 0 aliphatic heterocycles. The van der Waals surface area contributed by atoms with Gasteiger partial charge in [-0.25, -0.2) is 0 Å². The largest absolute Gasteiger partial charge is 0.294 e. The average molecular weight is 321 g/mol. The second-order valence-electron chi connectivity index (χ2n) is 4.06. The molecule has 0 saturated carbocycles. The molecule has 2 aromatic rings. The predicted molar refractivity (Wildman–Crippen MR) is 79.4 cm³/mol. The van der Waals surface area contributed by atoms with Gasteiger partial charge >= 0.3 is 0 Å². The van der Waals surface area contributed by atoms with Gasteiger partial charge in [-0.05, 0) is 43.7 Å². The molecule has 0 heterocycles. The SMILES string of the molecule is CC(=O)c1cc(Br)ccc1Sc1ccccc1C. The van der Waals surface area contributed by atoms with Crippen molar-refractivity contribution in [1.29, 1.82) is 0 Å². The Morgan fingerprint density at radius 3 is 2.50 bits per heavy atom. The molecule has 0 aromatic heterocycles. The fourth-order valence-corrected chi connectivity index (χ4v) is 3.08. The maximum atomic E-state index is 11.7. The van der Waals surface area contributed by atoms with Gasteiger partial charge in [0.25, 0.3) is 0 Å². The summed E-state index contributed by atoms with van der Waals surface area (Å²) in [6, 6.07) is 14.0. The molecule has 0 aliphatic carbocycles. The minimum Gasteiger partial charge on any atom is -0.294 e. The van der Waals surface area contributed by atoms with Crippen molar-refractivity contribution in [3.63, 3.8) is 0 Å². The van der Waals surface area contributed by atoms with Gasteiger partial charge in [0.05, 0.1) is 0 Å².